The molecule has 2 aromatic heterocycles. The third-order valence-corrected chi connectivity index (χ3v) is 8.33. The van der Waals surface area contributed by atoms with Crippen molar-refractivity contribution in [1.29, 1.82) is 0 Å². The fourth-order valence-electron chi connectivity index (χ4n) is 6.43. The van der Waals surface area contributed by atoms with E-state index in [1.807, 2.05) is 23.4 Å². The molecule has 3 heterocycles. The zero-order chi connectivity index (χ0) is 27.3. The molecule has 0 N–H and O–H groups in total. The van der Waals surface area contributed by atoms with Gasteiger partial charge in [0.15, 0.2) is 0 Å². The highest BCUT2D eigenvalue weighted by Crippen LogP contribution is 2.42. The molecular formula is C35H30N4O. The summed E-state index contributed by atoms with van der Waals surface area (Å²) in [5.74, 6) is 0.0463. The molecule has 1 aliphatic rings. The normalized spacial score (nSPS) is 13.2. The lowest BCUT2D eigenvalue weighted by molar-refractivity contribution is 0.0755. The minimum Gasteiger partial charge on any atom is -0.318 e. The summed E-state index contributed by atoms with van der Waals surface area (Å²) in [7, 11) is 0. The number of nitrogens with zero attached hydrogens (tertiary/aromatic N) is 4. The van der Waals surface area contributed by atoms with Gasteiger partial charge >= 0.3 is 0 Å². The monoisotopic (exact) mass is 522 g/mol. The molecule has 0 atom stereocenters. The Labute approximate surface area is 234 Å². The van der Waals surface area contributed by atoms with Gasteiger partial charge in [-0.05, 0) is 42.2 Å². The Morgan fingerprint density at radius 2 is 1.32 bits per heavy atom. The molecule has 0 unspecified atom stereocenters. The van der Waals surface area contributed by atoms with E-state index in [1.54, 1.807) is 0 Å². The minimum absolute atomic E-state index is 0.0463. The van der Waals surface area contributed by atoms with E-state index >= 15 is 0 Å². The quantitative estimate of drug-likeness (QED) is 0.223. The molecule has 0 fully saturated rings. The highest BCUT2D eigenvalue weighted by atomic mass is 16.2. The second-order valence-corrected chi connectivity index (χ2v) is 10.6. The number of carbonyl (C=O) groups excluding carboxylic acids is 1. The van der Waals surface area contributed by atoms with Gasteiger partial charge in [-0.15, -0.1) is 0 Å². The average molecular weight is 523 g/mol. The molecule has 0 saturated heterocycles. The summed E-state index contributed by atoms with van der Waals surface area (Å²) < 4.78 is 4.42. The zero-order valence-corrected chi connectivity index (χ0v) is 22.7. The summed E-state index contributed by atoms with van der Waals surface area (Å²) in [6.45, 7) is 5.19. The Balaban J connectivity index is 1.34. The van der Waals surface area contributed by atoms with E-state index in [-0.39, 0.29) is 5.91 Å². The molecule has 0 aliphatic carbocycles. The third kappa shape index (κ3) is 3.54. The summed E-state index contributed by atoms with van der Waals surface area (Å²) in [5.41, 5.74) is 7.79. The number of hydrogen-bond donors (Lipinski definition) is 0. The number of aryl methyl sites for hydroxylation is 1. The van der Waals surface area contributed by atoms with Gasteiger partial charge < -0.3 is 14.0 Å². The number of imidazole rings is 1. The van der Waals surface area contributed by atoms with Crippen molar-refractivity contribution in [2.45, 2.75) is 32.6 Å². The maximum atomic E-state index is 13.5. The van der Waals surface area contributed by atoms with E-state index in [2.05, 4.69) is 126 Å². The van der Waals surface area contributed by atoms with Gasteiger partial charge in [0, 0.05) is 11.1 Å². The SMILES string of the molecule is Cc1cccc2cc3n(c12)CN(Cc1ncn(C(c2ccccc2)(c2ccccc2)c2ccccc2)c1C)C3=O. The molecule has 1 amide bonds. The minimum atomic E-state index is -0.632. The van der Waals surface area contributed by atoms with Crippen LogP contribution in [0.1, 0.15) is 44.1 Å². The average Bonchev–Trinajstić information content (AvgIpc) is 3.64. The maximum absolute atomic E-state index is 13.5. The predicted octanol–water partition coefficient (Wildman–Crippen LogP) is 6.91. The van der Waals surface area contributed by atoms with Gasteiger partial charge in [-0.25, -0.2) is 4.98 Å². The molecule has 4 aromatic carbocycles. The molecule has 6 aromatic rings. The van der Waals surface area contributed by atoms with Crippen molar-refractivity contribution in [3.05, 3.63) is 161 Å². The van der Waals surface area contributed by atoms with Crippen LogP contribution in [0.15, 0.2) is 122 Å². The maximum Gasteiger partial charge on any atom is 0.272 e. The number of aromatic nitrogens is 3. The van der Waals surface area contributed by atoms with Gasteiger partial charge in [0.05, 0.1) is 30.8 Å². The van der Waals surface area contributed by atoms with Crippen LogP contribution < -0.4 is 0 Å². The van der Waals surface area contributed by atoms with Gasteiger partial charge in [-0.3, -0.25) is 4.79 Å². The number of para-hydroxylation sites is 1. The highest BCUT2D eigenvalue weighted by molar-refractivity contribution is 6.01. The van der Waals surface area contributed by atoms with Gasteiger partial charge in [-0.1, -0.05) is 109 Å². The Morgan fingerprint density at radius 3 is 1.90 bits per heavy atom. The number of amides is 1. The number of fused-ring (bicyclic) bond motifs is 3. The predicted molar refractivity (Wildman–Crippen MR) is 158 cm³/mol. The lowest BCUT2D eigenvalue weighted by Gasteiger charge is -2.38. The van der Waals surface area contributed by atoms with Crippen LogP contribution >= 0.6 is 0 Å². The molecule has 0 saturated carbocycles. The summed E-state index contributed by atoms with van der Waals surface area (Å²) >= 11 is 0. The summed E-state index contributed by atoms with van der Waals surface area (Å²) in [4.78, 5) is 20.4. The molecule has 0 spiro atoms. The fraction of sp³-hybridized carbons (Fsp3) is 0.143. The topological polar surface area (TPSA) is 43.1 Å². The van der Waals surface area contributed by atoms with E-state index in [0.29, 0.717) is 13.2 Å². The van der Waals surface area contributed by atoms with E-state index in [0.717, 1.165) is 44.7 Å². The first kappa shape index (κ1) is 24.2. The van der Waals surface area contributed by atoms with Crippen LogP contribution in [0.2, 0.25) is 0 Å². The molecule has 5 nitrogen and oxygen atoms in total. The van der Waals surface area contributed by atoms with E-state index in [4.69, 9.17) is 4.98 Å². The molecular weight excluding hydrogens is 492 g/mol. The van der Waals surface area contributed by atoms with Crippen molar-refractivity contribution in [3.8, 4) is 0 Å². The van der Waals surface area contributed by atoms with Crippen LogP contribution in [0.25, 0.3) is 10.9 Å². The highest BCUT2D eigenvalue weighted by Gasteiger charge is 2.40. The molecule has 7 rings (SSSR count). The second-order valence-electron chi connectivity index (χ2n) is 10.6. The largest absolute Gasteiger partial charge is 0.318 e. The Bertz CT molecular complexity index is 1740. The van der Waals surface area contributed by atoms with Crippen LogP contribution in [0, 0.1) is 13.8 Å². The second kappa shape index (κ2) is 9.38. The van der Waals surface area contributed by atoms with Crippen LogP contribution in [0.4, 0.5) is 0 Å². The van der Waals surface area contributed by atoms with E-state index < -0.39 is 5.54 Å². The van der Waals surface area contributed by atoms with Crippen molar-refractivity contribution in [1.82, 2.24) is 19.0 Å². The Hall–Kier alpha value is -4.90. The van der Waals surface area contributed by atoms with Crippen LogP contribution in [0.3, 0.4) is 0 Å². The molecule has 1 aliphatic heterocycles. The Kier molecular flexibility index (Phi) is 5.67. The standard InChI is InChI=1S/C35H30N4O/c1-25-13-12-14-27-21-32-34(40)37(24-38(32)33(25)27)22-31-26(2)39(23-36-31)35(28-15-6-3-7-16-28,29-17-8-4-9-18-29)30-19-10-5-11-20-30/h3-21,23H,22,24H2,1-2H3. The molecule has 40 heavy (non-hydrogen) atoms. The van der Waals surface area contributed by atoms with Crippen molar-refractivity contribution >= 4 is 16.8 Å². The third-order valence-electron chi connectivity index (χ3n) is 8.33. The van der Waals surface area contributed by atoms with Crippen LogP contribution in [0.5, 0.6) is 0 Å². The summed E-state index contributed by atoms with van der Waals surface area (Å²) in [5, 5.41) is 1.11. The first-order valence-electron chi connectivity index (χ1n) is 13.7. The summed E-state index contributed by atoms with van der Waals surface area (Å²) in [6, 6.07) is 40.0. The van der Waals surface area contributed by atoms with Crippen molar-refractivity contribution < 1.29 is 4.79 Å². The van der Waals surface area contributed by atoms with Crippen molar-refractivity contribution in [3.63, 3.8) is 0 Å². The Morgan fingerprint density at radius 1 is 0.750 bits per heavy atom. The van der Waals surface area contributed by atoms with E-state index in [1.165, 1.54) is 5.56 Å². The first-order chi connectivity index (χ1) is 19.6. The van der Waals surface area contributed by atoms with Crippen molar-refractivity contribution in [2.75, 3.05) is 0 Å². The van der Waals surface area contributed by atoms with Crippen LogP contribution in [-0.2, 0) is 18.8 Å². The lowest BCUT2D eigenvalue weighted by Crippen LogP contribution is -2.38. The molecule has 5 heteroatoms. The first-order valence-corrected chi connectivity index (χ1v) is 13.7. The number of carbonyl (C=O) groups is 1. The number of rotatable bonds is 6. The number of hydrogen-bond acceptors (Lipinski definition) is 2. The van der Waals surface area contributed by atoms with Gasteiger partial charge in [-0.2, -0.15) is 0 Å². The zero-order valence-electron chi connectivity index (χ0n) is 22.7. The van der Waals surface area contributed by atoms with Gasteiger partial charge in [0.1, 0.15) is 11.2 Å². The number of benzene rings is 4. The van der Waals surface area contributed by atoms with Crippen LogP contribution in [-0.4, -0.2) is 24.9 Å². The fourth-order valence-corrected chi connectivity index (χ4v) is 6.43. The molecule has 0 bridgehead atoms. The van der Waals surface area contributed by atoms with Gasteiger partial charge in [0.25, 0.3) is 5.91 Å². The van der Waals surface area contributed by atoms with E-state index in [9.17, 15) is 4.79 Å². The molecule has 0 radical (unpaired) electrons. The van der Waals surface area contributed by atoms with Gasteiger partial charge in [0.2, 0.25) is 0 Å². The lowest BCUT2D eigenvalue weighted by atomic mass is 9.76. The molecule has 196 valence electrons. The van der Waals surface area contributed by atoms with Crippen molar-refractivity contribution in [2.24, 2.45) is 0 Å². The summed E-state index contributed by atoms with van der Waals surface area (Å²) in [6.07, 6.45) is 1.94. The smallest absolute Gasteiger partial charge is 0.272 e.